The summed E-state index contributed by atoms with van der Waals surface area (Å²) in [6, 6.07) is 7.68. The van der Waals surface area contributed by atoms with E-state index in [1.54, 1.807) is 6.07 Å². The van der Waals surface area contributed by atoms with Gasteiger partial charge in [0.15, 0.2) is 6.61 Å². The highest BCUT2D eigenvalue weighted by Crippen LogP contribution is 2.17. The number of aromatic nitrogens is 1. The van der Waals surface area contributed by atoms with Gasteiger partial charge in [0.05, 0.1) is 18.4 Å². The standard InChI is InChI=1S/C21H28N2O6S/c1-5-12-23-15(2)13-19(16(23)3)20(24)14-29-21(25)10-11-22-30(26,27)18-8-6-17(28-4)7-9-18/h6-9,13,22H,5,10-12,14H2,1-4H3. The zero-order valence-electron chi connectivity index (χ0n) is 17.7. The van der Waals surface area contributed by atoms with Crippen LogP contribution in [0.15, 0.2) is 35.2 Å². The Kier molecular flexibility index (Phi) is 8.19. The van der Waals surface area contributed by atoms with Crippen LogP contribution in [0.3, 0.4) is 0 Å². The van der Waals surface area contributed by atoms with Crippen molar-refractivity contribution < 1.29 is 27.5 Å². The molecule has 0 saturated carbocycles. The number of sulfonamides is 1. The van der Waals surface area contributed by atoms with E-state index in [-0.39, 0.29) is 30.3 Å². The Morgan fingerprint density at radius 3 is 2.40 bits per heavy atom. The average Bonchev–Trinajstić information content (AvgIpc) is 3.00. The summed E-state index contributed by atoms with van der Waals surface area (Å²) in [6.45, 7) is 6.17. The molecule has 2 rings (SSSR count). The van der Waals surface area contributed by atoms with Crippen molar-refractivity contribution in [1.29, 1.82) is 0 Å². The third-order valence-corrected chi connectivity index (χ3v) is 6.15. The average molecular weight is 437 g/mol. The van der Waals surface area contributed by atoms with E-state index in [1.165, 1.54) is 31.4 Å². The minimum absolute atomic E-state index is 0.0641. The molecule has 2 aromatic rings. The molecular formula is C21H28N2O6S. The fourth-order valence-corrected chi connectivity index (χ4v) is 4.10. The van der Waals surface area contributed by atoms with Crippen molar-refractivity contribution in [3.63, 3.8) is 0 Å². The summed E-state index contributed by atoms with van der Waals surface area (Å²) >= 11 is 0. The summed E-state index contributed by atoms with van der Waals surface area (Å²) in [5.74, 6) is -0.390. The molecule has 0 atom stereocenters. The first-order valence-corrected chi connectivity index (χ1v) is 11.2. The number of esters is 1. The third kappa shape index (κ3) is 5.93. The van der Waals surface area contributed by atoms with Crippen LogP contribution in [0.1, 0.15) is 41.5 Å². The quantitative estimate of drug-likeness (QED) is 0.429. The van der Waals surface area contributed by atoms with Gasteiger partial charge in [0.2, 0.25) is 15.8 Å². The highest BCUT2D eigenvalue weighted by Gasteiger charge is 2.18. The number of ketones is 1. The minimum atomic E-state index is -3.75. The molecule has 0 amide bonds. The SMILES string of the molecule is CCCn1c(C)cc(C(=O)COC(=O)CCNS(=O)(=O)c2ccc(OC)cc2)c1C. The van der Waals surface area contributed by atoms with Gasteiger partial charge in [-0.3, -0.25) is 9.59 Å². The van der Waals surface area contributed by atoms with E-state index in [9.17, 15) is 18.0 Å². The maximum atomic E-state index is 12.4. The Labute approximate surface area is 177 Å². The number of aryl methyl sites for hydroxylation is 1. The summed E-state index contributed by atoms with van der Waals surface area (Å²) in [4.78, 5) is 24.4. The van der Waals surface area contributed by atoms with E-state index in [4.69, 9.17) is 9.47 Å². The van der Waals surface area contributed by atoms with Crippen molar-refractivity contribution >= 4 is 21.8 Å². The van der Waals surface area contributed by atoms with Crippen LogP contribution in [0.4, 0.5) is 0 Å². The zero-order chi connectivity index (χ0) is 22.3. The third-order valence-electron chi connectivity index (χ3n) is 4.68. The summed E-state index contributed by atoms with van der Waals surface area (Å²) in [5, 5.41) is 0. The van der Waals surface area contributed by atoms with E-state index in [0.29, 0.717) is 11.3 Å². The molecule has 1 aromatic heterocycles. The molecule has 0 unspecified atom stereocenters. The van der Waals surface area contributed by atoms with Gasteiger partial charge < -0.3 is 14.0 Å². The molecule has 164 valence electrons. The Morgan fingerprint density at radius 2 is 1.80 bits per heavy atom. The molecular weight excluding hydrogens is 408 g/mol. The van der Waals surface area contributed by atoms with Crippen molar-refractivity contribution in [1.82, 2.24) is 9.29 Å². The molecule has 0 spiro atoms. The molecule has 8 nitrogen and oxygen atoms in total. The molecule has 0 aliphatic carbocycles. The lowest BCUT2D eigenvalue weighted by atomic mass is 10.1. The number of hydrogen-bond donors (Lipinski definition) is 1. The van der Waals surface area contributed by atoms with Crippen molar-refractivity contribution in [2.75, 3.05) is 20.3 Å². The van der Waals surface area contributed by atoms with Gasteiger partial charge in [-0.2, -0.15) is 0 Å². The van der Waals surface area contributed by atoms with E-state index in [0.717, 1.165) is 24.4 Å². The topological polar surface area (TPSA) is 104 Å². The van der Waals surface area contributed by atoms with Crippen LogP contribution in [0, 0.1) is 13.8 Å². The highest BCUT2D eigenvalue weighted by molar-refractivity contribution is 7.89. The summed E-state index contributed by atoms with van der Waals surface area (Å²) < 4.78 is 38.9. The van der Waals surface area contributed by atoms with Gasteiger partial charge in [-0.05, 0) is 50.6 Å². The predicted molar refractivity (Wildman–Crippen MR) is 112 cm³/mol. The number of carbonyl (C=O) groups excluding carboxylic acids is 2. The second kappa shape index (κ2) is 10.4. The lowest BCUT2D eigenvalue weighted by Gasteiger charge is -2.09. The van der Waals surface area contributed by atoms with Crippen molar-refractivity contribution in [3.05, 3.63) is 47.3 Å². The number of nitrogens with one attached hydrogen (secondary N) is 1. The highest BCUT2D eigenvalue weighted by atomic mass is 32.2. The minimum Gasteiger partial charge on any atom is -0.497 e. The fraction of sp³-hybridized carbons (Fsp3) is 0.429. The van der Waals surface area contributed by atoms with Gasteiger partial charge in [-0.1, -0.05) is 6.92 Å². The van der Waals surface area contributed by atoms with Gasteiger partial charge in [0, 0.05) is 30.0 Å². The molecule has 0 aliphatic rings. The van der Waals surface area contributed by atoms with E-state index < -0.39 is 16.0 Å². The molecule has 0 aliphatic heterocycles. The largest absolute Gasteiger partial charge is 0.497 e. The maximum Gasteiger partial charge on any atom is 0.307 e. The molecule has 0 bridgehead atoms. The Bertz CT molecular complexity index is 993. The lowest BCUT2D eigenvalue weighted by Crippen LogP contribution is -2.27. The number of carbonyl (C=O) groups is 2. The Morgan fingerprint density at radius 1 is 1.13 bits per heavy atom. The molecule has 1 N–H and O–H groups in total. The van der Waals surface area contributed by atoms with Crippen molar-refractivity contribution in [3.8, 4) is 5.75 Å². The Balaban J connectivity index is 1.83. The van der Waals surface area contributed by atoms with E-state index in [2.05, 4.69) is 16.2 Å². The lowest BCUT2D eigenvalue weighted by molar-refractivity contribution is -0.142. The smallest absolute Gasteiger partial charge is 0.307 e. The van der Waals surface area contributed by atoms with Gasteiger partial charge >= 0.3 is 5.97 Å². The number of nitrogens with zero attached hydrogens (tertiary/aromatic N) is 1. The number of benzene rings is 1. The molecule has 0 radical (unpaired) electrons. The first-order chi connectivity index (χ1) is 14.2. The van der Waals surface area contributed by atoms with Crippen LogP contribution in [-0.4, -0.2) is 45.0 Å². The monoisotopic (exact) mass is 436 g/mol. The fourth-order valence-electron chi connectivity index (χ4n) is 3.07. The van der Waals surface area contributed by atoms with Crippen LogP contribution in [0.2, 0.25) is 0 Å². The second-order valence-electron chi connectivity index (χ2n) is 6.84. The summed E-state index contributed by atoms with van der Waals surface area (Å²) in [6.07, 6.45) is 0.767. The molecule has 1 heterocycles. The zero-order valence-corrected chi connectivity index (χ0v) is 18.5. The van der Waals surface area contributed by atoms with Gasteiger partial charge in [-0.15, -0.1) is 0 Å². The van der Waals surface area contributed by atoms with Crippen LogP contribution in [0.5, 0.6) is 5.75 Å². The molecule has 1 aromatic carbocycles. The number of Topliss-reactive ketones (excluding diaryl/α,β-unsaturated/α-hetero) is 1. The first-order valence-electron chi connectivity index (χ1n) is 9.68. The maximum absolute atomic E-state index is 12.4. The van der Waals surface area contributed by atoms with Gasteiger partial charge in [0.25, 0.3) is 0 Å². The predicted octanol–water partition coefficient (Wildman–Crippen LogP) is 2.62. The van der Waals surface area contributed by atoms with E-state index in [1.807, 2.05) is 13.8 Å². The number of methoxy groups -OCH3 is 1. The van der Waals surface area contributed by atoms with Crippen LogP contribution in [0.25, 0.3) is 0 Å². The summed E-state index contributed by atoms with van der Waals surface area (Å²) in [7, 11) is -2.26. The molecule has 30 heavy (non-hydrogen) atoms. The van der Waals surface area contributed by atoms with Crippen LogP contribution >= 0.6 is 0 Å². The van der Waals surface area contributed by atoms with Crippen LogP contribution in [-0.2, 0) is 26.1 Å². The molecule has 9 heteroatoms. The van der Waals surface area contributed by atoms with Crippen molar-refractivity contribution in [2.45, 2.75) is 45.1 Å². The number of ether oxygens (including phenoxy) is 2. The summed E-state index contributed by atoms with van der Waals surface area (Å²) in [5.41, 5.74) is 2.37. The van der Waals surface area contributed by atoms with Gasteiger partial charge in [0.1, 0.15) is 5.75 Å². The number of hydrogen-bond acceptors (Lipinski definition) is 6. The van der Waals surface area contributed by atoms with Gasteiger partial charge in [-0.25, -0.2) is 13.1 Å². The number of rotatable bonds is 11. The van der Waals surface area contributed by atoms with Crippen molar-refractivity contribution in [2.24, 2.45) is 0 Å². The second-order valence-corrected chi connectivity index (χ2v) is 8.61. The Hall–Kier alpha value is -2.65. The molecule has 0 saturated heterocycles. The molecule has 0 fully saturated rings. The van der Waals surface area contributed by atoms with Crippen LogP contribution < -0.4 is 9.46 Å². The van der Waals surface area contributed by atoms with E-state index >= 15 is 0 Å². The first kappa shape index (κ1) is 23.6. The normalized spacial score (nSPS) is 11.3.